The molecule has 1 atom stereocenters. The van der Waals surface area contributed by atoms with Crippen LogP contribution in [0.25, 0.3) is 0 Å². The Morgan fingerprint density at radius 2 is 1.84 bits per heavy atom. The van der Waals surface area contributed by atoms with Crippen molar-refractivity contribution in [2.45, 2.75) is 71.0 Å². The molecule has 2 fully saturated rings. The van der Waals surface area contributed by atoms with Gasteiger partial charge in [0.1, 0.15) is 12.1 Å². The van der Waals surface area contributed by atoms with Crippen LogP contribution in [0.2, 0.25) is 0 Å². The third-order valence-corrected chi connectivity index (χ3v) is 6.63. The summed E-state index contributed by atoms with van der Waals surface area (Å²) < 4.78 is 1.37. The minimum atomic E-state index is -0.408. The first kappa shape index (κ1) is 21.3. The lowest BCUT2D eigenvalue weighted by atomic mass is 9.97. The normalized spacial score (nSPS) is 19.0. The summed E-state index contributed by atoms with van der Waals surface area (Å²) >= 11 is 0. The monoisotopic (exact) mass is 421 g/mol. The fourth-order valence-electron chi connectivity index (χ4n) is 4.91. The Kier molecular flexibility index (Phi) is 6.25. The van der Waals surface area contributed by atoms with E-state index in [1.54, 1.807) is 18.3 Å². The number of aromatic nitrogens is 1. The van der Waals surface area contributed by atoms with Crippen molar-refractivity contribution in [3.63, 3.8) is 0 Å². The Hall–Kier alpha value is -2.89. The molecule has 4 rings (SSSR count). The summed E-state index contributed by atoms with van der Waals surface area (Å²) in [7, 11) is 0. The van der Waals surface area contributed by atoms with Crippen LogP contribution in [0.4, 0.5) is 0 Å². The molecule has 1 saturated heterocycles. The van der Waals surface area contributed by atoms with Gasteiger partial charge in [-0.05, 0) is 62.8 Å². The van der Waals surface area contributed by atoms with Crippen LogP contribution in [0.3, 0.4) is 0 Å². The van der Waals surface area contributed by atoms with E-state index in [1.807, 2.05) is 4.90 Å². The maximum Gasteiger partial charge on any atom is 0.263 e. The molecule has 1 N–H and O–H groups in total. The number of nitrogens with one attached hydrogen (secondary N) is 1. The van der Waals surface area contributed by atoms with E-state index < -0.39 is 5.56 Å². The first-order valence-corrected chi connectivity index (χ1v) is 11.3. The Labute approximate surface area is 183 Å². The Balaban J connectivity index is 1.51. The van der Waals surface area contributed by atoms with Crippen molar-refractivity contribution in [3.8, 4) is 0 Å². The summed E-state index contributed by atoms with van der Waals surface area (Å²) in [5.41, 5.74) is 3.24. The maximum atomic E-state index is 13.2. The van der Waals surface area contributed by atoms with Gasteiger partial charge in [0.2, 0.25) is 5.91 Å². The number of nitrogens with zero attached hydrogens (tertiary/aromatic N) is 2. The molecule has 1 saturated carbocycles. The van der Waals surface area contributed by atoms with Crippen LogP contribution in [0.5, 0.6) is 0 Å². The molecule has 2 amide bonds. The minimum absolute atomic E-state index is 0.0388. The topological polar surface area (TPSA) is 71.4 Å². The van der Waals surface area contributed by atoms with Crippen LogP contribution >= 0.6 is 0 Å². The second-order valence-electron chi connectivity index (χ2n) is 8.91. The van der Waals surface area contributed by atoms with Crippen LogP contribution < -0.4 is 10.9 Å². The molecule has 2 heterocycles. The van der Waals surface area contributed by atoms with Crippen molar-refractivity contribution in [2.75, 3.05) is 6.54 Å². The lowest BCUT2D eigenvalue weighted by Crippen LogP contribution is -2.40. The quantitative estimate of drug-likeness (QED) is 0.803. The van der Waals surface area contributed by atoms with Gasteiger partial charge in [-0.2, -0.15) is 0 Å². The van der Waals surface area contributed by atoms with Gasteiger partial charge >= 0.3 is 0 Å². The van der Waals surface area contributed by atoms with Crippen molar-refractivity contribution >= 4 is 11.8 Å². The molecule has 1 unspecified atom stereocenters. The Morgan fingerprint density at radius 3 is 2.61 bits per heavy atom. The molecule has 0 spiro atoms. The van der Waals surface area contributed by atoms with Crippen molar-refractivity contribution in [3.05, 3.63) is 69.1 Å². The largest absolute Gasteiger partial charge is 0.349 e. The second kappa shape index (κ2) is 9.08. The molecule has 6 nitrogen and oxygen atoms in total. The number of benzene rings is 1. The van der Waals surface area contributed by atoms with E-state index in [4.69, 9.17) is 0 Å². The van der Waals surface area contributed by atoms with E-state index in [-0.39, 0.29) is 36.0 Å². The zero-order valence-corrected chi connectivity index (χ0v) is 18.4. The number of aryl methyl sites for hydroxylation is 2. The molecular weight excluding hydrogens is 390 g/mol. The average Bonchev–Trinajstić information content (AvgIpc) is 3.43. The van der Waals surface area contributed by atoms with Crippen LogP contribution in [0.1, 0.15) is 71.6 Å². The predicted molar refractivity (Wildman–Crippen MR) is 120 cm³/mol. The summed E-state index contributed by atoms with van der Waals surface area (Å²) in [5, 5.41) is 2.96. The van der Waals surface area contributed by atoms with Gasteiger partial charge in [0.05, 0.1) is 6.04 Å². The van der Waals surface area contributed by atoms with E-state index in [9.17, 15) is 14.4 Å². The van der Waals surface area contributed by atoms with Crippen LogP contribution in [-0.4, -0.2) is 33.9 Å². The molecule has 2 aliphatic rings. The van der Waals surface area contributed by atoms with Crippen molar-refractivity contribution < 1.29 is 9.59 Å². The van der Waals surface area contributed by atoms with E-state index in [0.29, 0.717) is 6.54 Å². The molecular formula is C25H31N3O3. The van der Waals surface area contributed by atoms with Gasteiger partial charge in [-0.15, -0.1) is 0 Å². The maximum absolute atomic E-state index is 13.2. The Bertz CT molecular complexity index is 1040. The molecule has 2 aromatic rings. The predicted octanol–water partition coefficient (Wildman–Crippen LogP) is 3.50. The number of hydrogen-bond donors (Lipinski definition) is 1. The van der Waals surface area contributed by atoms with Crippen LogP contribution in [-0.2, 0) is 11.3 Å². The summed E-state index contributed by atoms with van der Waals surface area (Å²) in [4.78, 5) is 40.6. The van der Waals surface area contributed by atoms with Gasteiger partial charge in [0, 0.05) is 18.8 Å². The lowest BCUT2D eigenvalue weighted by molar-refractivity contribution is -0.132. The first-order chi connectivity index (χ1) is 14.9. The van der Waals surface area contributed by atoms with E-state index >= 15 is 0 Å². The highest BCUT2D eigenvalue weighted by Gasteiger charge is 2.31. The highest BCUT2D eigenvalue weighted by molar-refractivity contribution is 5.94. The number of carbonyl (C=O) groups is 2. The number of likely N-dealkylation sites (tertiary alicyclic amines) is 1. The van der Waals surface area contributed by atoms with Gasteiger partial charge in [-0.3, -0.25) is 14.4 Å². The van der Waals surface area contributed by atoms with Gasteiger partial charge in [0.25, 0.3) is 11.5 Å². The number of pyridine rings is 1. The molecule has 6 heteroatoms. The smallest absolute Gasteiger partial charge is 0.263 e. The highest BCUT2D eigenvalue weighted by atomic mass is 16.2. The van der Waals surface area contributed by atoms with Gasteiger partial charge < -0.3 is 14.8 Å². The summed E-state index contributed by atoms with van der Waals surface area (Å²) in [6.45, 7) is 4.77. The standard InChI is InChI=1S/C25H31N3O3/c1-17-11-12-18(2)21(15-17)22-10-6-14-28(22)23(29)16-27-13-5-9-20(25(27)31)24(30)26-19-7-3-4-8-19/h5,9,11-13,15,19,22H,3-4,6-8,10,14,16H2,1-2H3,(H,26,30). The number of hydrogen-bond acceptors (Lipinski definition) is 3. The second-order valence-corrected chi connectivity index (χ2v) is 8.91. The van der Waals surface area contributed by atoms with E-state index in [1.165, 1.54) is 21.3 Å². The zero-order chi connectivity index (χ0) is 22.0. The highest BCUT2D eigenvalue weighted by Crippen LogP contribution is 2.34. The molecule has 0 radical (unpaired) electrons. The fourth-order valence-corrected chi connectivity index (χ4v) is 4.91. The number of amides is 2. The van der Waals surface area contributed by atoms with Crippen molar-refractivity contribution in [1.29, 1.82) is 0 Å². The third-order valence-electron chi connectivity index (χ3n) is 6.63. The van der Waals surface area contributed by atoms with E-state index in [0.717, 1.165) is 38.5 Å². The number of carbonyl (C=O) groups excluding carboxylic acids is 2. The molecule has 1 aliphatic carbocycles. The number of rotatable bonds is 5. The first-order valence-electron chi connectivity index (χ1n) is 11.3. The van der Waals surface area contributed by atoms with Gasteiger partial charge in [-0.25, -0.2) is 0 Å². The molecule has 0 bridgehead atoms. The fraction of sp³-hybridized carbons (Fsp3) is 0.480. The zero-order valence-electron chi connectivity index (χ0n) is 18.4. The summed E-state index contributed by atoms with van der Waals surface area (Å²) in [5.74, 6) is -0.424. The molecule has 1 aliphatic heterocycles. The molecule has 1 aromatic heterocycles. The molecule has 31 heavy (non-hydrogen) atoms. The molecule has 164 valence electrons. The lowest BCUT2D eigenvalue weighted by Gasteiger charge is -2.27. The van der Waals surface area contributed by atoms with Crippen LogP contribution in [0.15, 0.2) is 41.3 Å². The van der Waals surface area contributed by atoms with Crippen molar-refractivity contribution in [1.82, 2.24) is 14.8 Å². The SMILES string of the molecule is Cc1ccc(C)c(C2CCCN2C(=O)Cn2cccc(C(=O)NC3CCCC3)c2=O)c1. The summed E-state index contributed by atoms with van der Waals surface area (Å²) in [6.07, 6.45) is 7.60. The summed E-state index contributed by atoms with van der Waals surface area (Å²) in [6, 6.07) is 9.74. The van der Waals surface area contributed by atoms with Gasteiger partial charge in [0.15, 0.2) is 0 Å². The van der Waals surface area contributed by atoms with E-state index in [2.05, 4.69) is 37.4 Å². The Morgan fingerprint density at radius 1 is 1.06 bits per heavy atom. The van der Waals surface area contributed by atoms with Gasteiger partial charge in [-0.1, -0.05) is 36.6 Å². The average molecular weight is 422 g/mol. The third kappa shape index (κ3) is 4.58. The molecule has 1 aromatic carbocycles. The minimum Gasteiger partial charge on any atom is -0.349 e. The van der Waals surface area contributed by atoms with Crippen LogP contribution in [0, 0.1) is 13.8 Å². The van der Waals surface area contributed by atoms with Crippen molar-refractivity contribution in [2.24, 2.45) is 0 Å².